The van der Waals surface area contributed by atoms with E-state index in [0.717, 1.165) is 37.5 Å². The minimum absolute atomic E-state index is 0.0352. The van der Waals surface area contributed by atoms with Crippen LogP contribution < -0.4 is 10.1 Å². The number of nitrogens with zero attached hydrogens (tertiary/aromatic N) is 4. The summed E-state index contributed by atoms with van der Waals surface area (Å²) in [6, 6.07) is 7.96. The zero-order valence-corrected chi connectivity index (χ0v) is 11.4. The molecule has 20 heavy (non-hydrogen) atoms. The third-order valence-electron chi connectivity index (χ3n) is 3.56. The number of hydrogen-bond donors (Lipinski definition) is 2. The zero-order chi connectivity index (χ0) is 13.8. The van der Waals surface area contributed by atoms with Crippen molar-refractivity contribution in [3.05, 3.63) is 35.7 Å². The fourth-order valence-corrected chi connectivity index (χ4v) is 2.62. The Balaban J connectivity index is 2.00. The topological polar surface area (TPSA) is 79.0 Å². The highest BCUT2D eigenvalue weighted by Crippen LogP contribution is 2.32. The molecular weight excluding hydrogens is 256 g/mol. The molecule has 1 aromatic heterocycles. The van der Waals surface area contributed by atoms with Crippen LogP contribution in [0.2, 0.25) is 0 Å². The zero-order valence-electron chi connectivity index (χ0n) is 11.4. The number of H-pyrrole nitrogens is 1. The van der Waals surface area contributed by atoms with Crippen LogP contribution in [-0.2, 0) is 0 Å². The van der Waals surface area contributed by atoms with Gasteiger partial charge in [0.2, 0.25) is 0 Å². The Hall–Kier alpha value is -1.99. The number of ether oxygens (including phenoxy) is 1. The first-order valence-electron chi connectivity index (χ1n) is 6.71. The largest absolute Gasteiger partial charge is 0.496 e. The van der Waals surface area contributed by atoms with Gasteiger partial charge in [-0.3, -0.25) is 4.90 Å². The first kappa shape index (κ1) is 13.0. The Morgan fingerprint density at radius 2 is 2.05 bits per heavy atom. The molecule has 0 amide bonds. The molecule has 1 fully saturated rings. The van der Waals surface area contributed by atoms with E-state index in [9.17, 15) is 0 Å². The first-order valence-corrected chi connectivity index (χ1v) is 6.71. The van der Waals surface area contributed by atoms with Gasteiger partial charge in [-0.2, -0.15) is 5.21 Å². The van der Waals surface area contributed by atoms with E-state index in [1.807, 2.05) is 18.2 Å². The van der Waals surface area contributed by atoms with Gasteiger partial charge in [-0.1, -0.05) is 23.4 Å². The fourth-order valence-electron chi connectivity index (χ4n) is 2.62. The lowest BCUT2D eigenvalue weighted by molar-refractivity contribution is 0.189. The lowest BCUT2D eigenvalue weighted by Gasteiger charge is -2.33. The molecular formula is C13H18N6O. The molecule has 1 atom stereocenters. The number of nitrogens with one attached hydrogen (secondary N) is 2. The van der Waals surface area contributed by atoms with Crippen LogP contribution in [0.1, 0.15) is 17.4 Å². The summed E-state index contributed by atoms with van der Waals surface area (Å²) in [7, 11) is 1.68. The summed E-state index contributed by atoms with van der Waals surface area (Å²) in [6.45, 7) is 3.81. The van der Waals surface area contributed by atoms with Crippen molar-refractivity contribution in [1.29, 1.82) is 0 Å². The van der Waals surface area contributed by atoms with Crippen LogP contribution in [0.3, 0.4) is 0 Å². The highest BCUT2D eigenvalue weighted by atomic mass is 16.5. The molecule has 1 unspecified atom stereocenters. The highest BCUT2D eigenvalue weighted by molar-refractivity contribution is 5.38. The van der Waals surface area contributed by atoms with Gasteiger partial charge in [0.25, 0.3) is 0 Å². The molecule has 2 aromatic rings. The van der Waals surface area contributed by atoms with E-state index < -0.39 is 0 Å². The van der Waals surface area contributed by atoms with E-state index in [2.05, 4.69) is 36.9 Å². The third kappa shape index (κ3) is 2.50. The van der Waals surface area contributed by atoms with E-state index in [1.165, 1.54) is 0 Å². The molecule has 1 aromatic carbocycles. The maximum atomic E-state index is 5.49. The predicted octanol–water partition coefficient (Wildman–Crippen LogP) is 0.203. The third-order valence-corrected chi connectivity index (χ3v) is 3.56. The number of para-hydroxylation sites is 1. The second-order valence-electron chi connectivity index (χ2n) is 4.70. The number of methoxy groups -OCH3 is 1. The second-order valence-corrected chi connectivity index (χ2v) is 4.70. The monoisotopic (exact) mass is 274 g/mol. The molecule has 3 rings (SSSR count). The standard InChI is InChI=1S/C13H18N6O/c1-20-11-5-3-2-4-10(11)12(13-15-17-18-16-13)19-8-6-14-7-9-19/h2-5,12,14H,6-9H2,1H3,(H,15,16,17,18). The maximum Gasteiger partial charge on any atom is 0.196 e. The number of piperazine rings is 1. The Bertz CT molecular complexity index is 538. The molecule has 1 aliphatic heterocycles. The van der Waals surface area contributed by atoms with E-state index in [4.69, 9.17) is 4.74 Å². The molecule has 0 saturated carbocycles. The Labute approximate surface area is 117 Å². The summed E-state index contributed by atoms with van der Waals surface area (Å²) < 4.78 is 5.49. The van der Waals surface area contributed by atoms with E-state index in [0.29, 0.717) is 5.82 Å². The van der Waals surface area contributed by atoms with Crippen LogP contribution in [-0.4, -0.2) is 58.8 Å². The fraction of sp³-hybridized carbons (Fsp3) is 0.462. The molecule has 2 heterocycles. The van der Waals surface area contributed by atoms with Crippen LogP contribution in [0, 0.1) is 0 Å². The first-order chi connectivity index (χ1) is 9.90. The summed E-state index contributed by atoms with van der Waals surface area (Å²) in [5.74, 6) is 1.53. The molecule has 7 nitrogen and oxygen atoms in total. The Morgan fingerprint density at radius 3 is 2.75 bits per heavy atom. The SMILES string of the molecule is COc1ccccc1C(c1nn[nH]n1)N1CCNCC1. The highest BCUT2D eigenvalue weighted by Gasteiger charge is 2.29. The van der Waals surface area contributed by atoms with Crippen molar-refractivity contribution >= 4 is 0 Å². The second kappa shape index (κ2) is 5.98. The van der Waals surface area contributed by atoms with Crippen LogP contribution in [0.5, 0.6) is 5.75 Å². The van der Waals surface area contributed by atoms with Crippen molar-refractivity contribution in [1.82, 2.24) is 30.8 Å². The minimum Gasteiger partial charge on any atom is -0.496 e. The molecule has 2 N–H and O–H groups in total. The average molecular weight is 274 g/mol. The number of benzene rings is 1. The van der Waals surface area contributed by atoms with E-state index >= 15 is 0 Å². The number of tetrazole rings is 1. The molecule has 0 radical (unpaired) electrons. The molecule has 106 valence electrons. The van der Waals surface area contributed by atoms with Crippen LogP contribution >= 0.6 is 0 Å². The van der Waals surface area contributed by atoms with Gasteiger partial charge in [-0.15, -0.1) is 10.2 Å². The van der Waals surface area contributed by atoms with Gasteiger partial charge >= 0.3 is 0 Å². The van der Waals surface area contributed by atoms with Gasteiger partial charge in [-0.05, 0) is 6.07 Å². The lowest BCUT2D eigenvalue weighted by Crippen LogP contribution is -2.45. The maximum absolute atomic E-state index is 5.49. The molecule has 0 bridgehead atoms. The van der Waals surface area contributed by atoms with E-state index in [1.54, 1.807) is 7.11 Å². The van der Waals surface area contributed by atoms with Crippen molar-refractivity contribution < 1.29 is 4.74 Å². The van der Waals surface area contributed by atoms with E-state index in [-0.39, 0.29) is 6.04 Å². The summed E-state index contributed by atoms with van der Waals surface area (Å²) >= 11 is 0. The summed E-state index contributed by atoms with van der Waals surface area (Å²) in [5.41, 5.74) is 1.07. The van der Waals surface area contributed by atoms with Crippen LogP contribution in [0.15, 0.2) is 24.3 Å². The number of rotatable bonds is 4. The van der Waals surface area contributed by atoms with Crippen molar-refractivity contribution in [2.24, 2.45) is 0 Å². The van der Waals surface area contributed by atoms with Gasteiger partial charge in [0.15, 0.2) is 5.82 Å². The number of hydrogen-bond acceptors (Lipinski definition) is 6. The number of aromatic amines is 1. The summed E-state index contributed by atoms with van der Waals surface area (Å²) in [4.78, 5) is 2.35. The van der Waals surface area contributed by atoms with Crippen molar-refractivity contribution in [3.8, 4) is 5.75 Å². The molecule has 1 aliphatic rings. The predicted molar refractivity (Wildman–Crippen MR) is 73.5 cm³/mol. The number of aromatic nitrogens is 4. The summed E-state index contributed by atoms with van der Waals surface area (Å²) in [5, 5.41) is 18.0. The van der Waals surface area contributed by atoms with Gasteiger partial charge in [-0.25, -0.2) is 0 Å². The lowest BCUT2D eigenvalue weighted by atomic mass is 10.0. The Kier molecular flexibility index (Phi) is 3.89. The molecule has 0 spiro atoms. The molecule has 1 saturated heterocycles. The quantitative estimate of drug-likeness (QED) is 0.829. The molecule has 0 aliphatic carbocycles. The minimum atomic E-state index is -0.0352. The summed E-state index contributed by atoms with van der Waals surface area (Å²) in [6.07, 6.45) is 0. The van der Waals surface area contributed by atoms with Gasteiger partial charge in [0.1, 0.15) is 11.8 Å². The van der Waals surface area contributed by atoms with Crippen LogP contribution in [0.4, 0.5) is 0 Å². The van der Waals surface area contributed by atoms with Crippen molar-refractivity contribution in [3.63, 3.8) is 0 Å². The molecule has 7 heteroatoms. The van der Waals surface area contributed by atoms with Gasteiger partial charge in [0.05, 0.1) is 7.11 Å². The average Bonchev–Trinajstić information content (AvgIpc) is 3.03. The van der Waals surface area contributed by atoms with Crippen molar-refractivity contribution in [2.45, 2.75) is 6.04 Å². The van der Waals surface area contributed by atoms with Crippen LogP contribution in [0.25, 0.3) is 0 Å². The Morgan fingerprint density at radius 1 is 1.25 bits per heavy atom. The smallest absolute Gasteiger partial charge is 0.196 e. The van der Waals surface area contributed by atoms with Gasteiger partial charge in [0, 0.05) is 31.7 Å². The van der Waals surface area contributed by atoms with Gasteiger partial charge < -0.3 is 10.1 Å². The van der Waals surface area contributed by atoms with Crippen molar-refractivity contribution in [2.75, 3.05) is 33.3 Å². The normalized spacial score (nSPS) is 17.9.